The SMILES string of the molecule is CC1CCC(CNC(=O)c2cccc(F)n2)C1. The van der Waals surface area contributed by atoms with E-state index in [2.05, 4.69) is 17.2 Å². The van der Waals surface area contributed by atoms with E-state index in [-0.39, 0.29) is 11.6 Å². The van der Waals surface area contributed by atoms with Gasteiger partial charge in [-0.3, -0.25) is 4.79 Å². The van der Waals surface area contributed by atoms with Crippen LogP contribution in [0, 0.1) is 17.8 Å². The monoisotopic (exact) mass is 236 g/mol. The van der Waals surface area contributed by atoms with E-state index in [0.29, 0.717) is 12.5 Å². The van der Waals surface area contributed by atoms with Gasteiger partial charge < -0.3 is 5.32 Å². The third-order valence-electron chi connectivity index (χ3n) is 3.30. The largest absolute Gasteiger partial charge is 0.350 e. The van der Waals surface area contributed by atoms with Crippen molar-refractivity contribution in [3.8, 4) is 0 Å². The maximum Gasteiger partial charge on any atom is 0.270 e. The lowest BCUT2D eigenvalue weighted by Crippen LogP contribution is -2.29. The summed E-state index contributed by atoms with van der Waals surface area (Å²) in [6, 6.07) is 4.25. The molecule has 92 valence electrons. The predicted octanol–water partition coefficient (Wildman–Crippen LogP) is 2.39. The van der Waals surface area contributed by atoms with Crippen LogP contribution in [0.25, 0.3) is 0 Å². The van der Waals surface area contributed by atoms with Gasteiger partial charge in [-0.15, -0.1) is 0 Å². The number of amides is 1. The zero-order valence-corrected chi connectivity index (χ0v) is 9.95. The van der Waals surface area contributed by atoms with Crippen molar-refractivity contribution in [3.05, 3.63) is 29.8 Å². The van der Waals surface area contributed by atoms with Crippen molar-refractivity contribution < 1.29 is 9.18 Å². The summed E-state index contributed by atoms with van der Waals surface area (Å²) in [5.74, 6) is 0.405. The molecule has 2 rings (SSSR count). The standard InChI is InChI=1S/C13H17FN2O/c1-9-5-6-10(7-9)8-15-13(17)11-3-2-4-12(14)16-11/h2-4,9-10H,5-8H2,1H3,(H,15,17). The maximum atomic E-state index is 12.8. The van der Waals surface area contributed by atoms with Gasteiger partial charge in [0, 0.05) is 6.54 Å². The van der Waals surface area contributed by atoms with Crippen molar-refractivity contribution >= 4 is 5.91 Å². The van der Waals surface area contributed by atoms with Crippen molar-refractivity contribution in [2.75, 3.05) is 6.54 Å². The minimum Gasteiger partial charge on any atom is -0.350 e. The van der Waals surface area contributed by atoms with Crippen molar-refractivity contribution in [2.24, 2.45) is 11.8 Å². The molecule has 2 atom stereocenters. The number of carbonyl (C=O) groups excluding carboxylic acids is 1. The van der Waals surface area contributed by atoms with Gasteiger partial charge in [0.1, 0.15) is 5.69 Å². The predicted molar refractivity (Wildman–Crippen MR) is 63.0 cm³/mol. The summed E-state index contributed by atoms with van der Waals surface area (Å²) in [5.41, 5.74) is 0.149. The number of aromatic nitrogens is 1. The average Bonchev–Trinajstić information content (AvgIpc) is 2.72. The molecule has 2 unspecified atom stereocenters. The zero-order valence-electron chi connectivity index (χ0n) is 9.95. The van der Waals surface area contributed by atoms with Crippen molar-refractivity contribution in [3.63, 3.8) is 0 Å². The Balaban J connectivity index is 1.85. The summed E-state index contributed by atoms with van der Waals surface area (Å²) < 4.78 is 12.8. The van der Waals surface area contributed by atoms with E-state index < -0.39 is 5.95 Å². The number of hydrogen-bond acceptors (Lipinski definition) is 2. The van der Waals surface area contributed by atoms with E-state index in [1.807, 2.05) is 0 Å². The van der Waals surface area contributed by atoms with Gasteiger partial charge in [0.15, 0.2) is 0 Å². The third-order valence-corrected chi connectivity index (χ3v) is 3.30. The molecule has 1 N–H and O–H groups in total. The topological polar surface area (TPSA) is 42.0 Å². The summed E-state index contributed by atoms with van der Waals surface area (Å²) in [4.78, 5) is 15.2. The third kappa shape index (κ3) is 3.25. The molecule has 0 aliphatic heterocycles. The maximum absolute atomic E-state index is 12.8. The number of nitrogens with one attached hydrogen (secondary N) is 1. The summed E-state index contributed by atoms with van der Waals surface area (Å²) in [6.45, 7) is 2.90. The normalized spacial score (nSPS) is 23.6. The molecular formula is C13H17FN2O. The highest BCUT2D eigenvalue weighted by molar-refractivity contribution is 5.92. The highest BCUT2D eigenvalue weighted by Gasteiger charge is 2.21. The first kappa shape index (κ1) is 12.0. The molecule has 0 spiro atoms. The molecule has 1 fully saturated rings. The molecule has 0 saturated heterocycles. The molecule has 1 heterocycles. The van der Waals surface area contributed by atoms with Crippen LogP contribution in [0.1, 0.15) is 36.7 Å². The van der Waals surface area contributed by atoms with Crippen LogP contribution in [0.3, 0.4) is 0 Å². The number of pyridine rings is 1. The van der Waals surface area contributed by atoms with E-state index in [1.165, 1.54) is 24.6 Å². The Labute approximate surface area is 100 Å². The molecule has 1 amide bonds. The summed E-state index contributed by atoms with van der Waals surface area (Å²) in [7, 11) is 0. The van der Waals surface area contributed by atoms with Gasteiger partial charge >= 0.3 is 0 Å². The molecule has 0 aromatic carbocycles. The van der Waals surface area contributed by atoms with Crippen molar-refractivity contribution in [1.82, 2.24) is 10.3 Å². The van der Waals surface area contributed by atoms with Gasteiger partial charge in [-0.05, 0) is 36.8 Å². The Morgan fingerprint density at radius 1 is 1.53 bits per heavy atom. The number of halogens is 1. The number of carbonyl (C=O) groups is 1. The summed E-state index contributed by atoms with van der Waals surface area (Å²) in [6.07, 6.45) is 3.56. The number of hydrogen-bond donors (Lipinski definition) is 1. The van der Waals surface area contributed by atoms with E-state index >= 15 is 0 Å². The molecule has 1 saturated carbocycles. The van der Waals surface area contributed by atoms with Gasteiger partial charge in [0.25, 0.3) is 5.91 Å². The van der Waals surface area contributed by atoms with Gasteiger partial charge in [0.2, 0.25) is 5.95 Å². The second-order valence-electron chi connectivity index (χ2n) is 4.84. The van der Waals surface area contributed by atoms with Crippen LogP contribution in [0.5, 0.6) is 0 Å². The molecule has 1 aromatic rings. The van der Waals surface area contributed by atoms with Crippen molar-refractivity contribution in [1.29, 1.82) is 0 Å². The minimum atomic E-state index is -0.618. The Hall–Kier alpha value is -1.45. The van der Waals surface area contributed by atoms with Gasteiger partial charge in [-0.25, -0.2) is 4.98 Å². The van der Waals surface area contributed by atoms with Crippen LogP contribution in [-0.2, 0) is 0 Å². The van der Waals surface area contributed by atoms with Crippen LogP contribution in [0.15, 0.2) is 18.2 Å². The summed E-state index contributed by atoms with van der Waals surface area (Å²) >= 11 is 0. The molecular weight excluding hydrogens is 219 g/mol. The second-order valence-corrected chi connectivity index (χ2v) is 4.84. The Bertz CT molecular complexity index is 408. The van der Waals surface area contributed by atoms with Gasteiger partial charge in [0.05, 0.1) is 0 Å². The molecule has 1 aromatic heterocycles. The second kappa shape index (κ2) is 5.25. The van der Waals surface area contributed by atoms with Crippen LogP contribution < -0.4 is 5.32 Å². The van der Waals surface area contributed by atoms with Crippen LogP contribution in [0.2, 0.25) is 0 Å². The zero-order chi connectivity index (χ0) is 12.3. The van der Waals surface area contributed by atoms with Crippen LogP contribution in [-0.4, -0.2) is 17.4 Å². The molecule has 1 aliphatic rings. The highest BCUT2D eigenvalue weighted by Crippen LogP contribution is 2.29. The first-order chi connectivity index (χ1) is 8.15. The van der Waals surface area contributed by atoms with Gasteiger partial charge in [-0.2, -0.15) is 4.39 Å². The van der Waals surface area contributed by atoms with Gasteiger partial charge in [-0.1, -0.05) is 19.4 Å². The first-order valence-electron chi connectivity index (χ1n) is 6.06. The fourth-order valence-electron chi connectivity index (χ4n) is 2.37. The first-order valence-corrected chi connectivity index (χ1v) is 6.06. The van der Waals surface area contributed by atoms with E-state index in [1.54, 1.807) is 0 Å². The molecule has 1 aliphatic carbocycles. The lowest BCUT2D eigenvalue weighted by Gasteiger charge is -2.10. The highest BCUT2D eigenvalue weighted by atomic mass is 19.1. The minimum absolute atomic E-state index is 0.149. The lowest BCUT2D eigenvalue weighted by molar-refractivity contribution is 0.0941. The molecule has 3 nitrogen and oxygen atoms in total. The molecule has 4 heteroatoms. The Morgan fingerprint density at radius 3 is 3.00 bits per heavy atom. The Kier molecular flexibility index (Phi) is 3.71. The number of rotatable bonds is 3. The molecule has 0 bridgehead atoms. The van der Waals surface area contributed by atoms with E-state index in [4.69, 9.17) is 0 Å². The molecule has 0 radical (unpaired) electrons. The molecule has 17 heavy (non-hydrogen) atoms. The van der Waals surface area contributed by atoms with E-state index in [0.717, 1.165) is 18.8 Å². The smallest absolute Gasteiger partial charge is 0.270 e. The number of nitrogens with zero attached hydrogens (tertiary/aromatic N) is 1. The summed E-state index contributed by atoms with van der Waals surface area (Å²) in [5, 5.41) is 2.82. The quantitative estimate of drug-likeness (QED) is 0.819. The van der Waals surface area contributed by atoms with Crippen LogP contribution in [0.4, 0.5) is 4.39 Å². The van der Waals surface area contributed by atoms with Crippen LogP contribution >= 0.6 is 0 Å². The average molecular weight is 236 g/mol. The lowest BCUT2D eigenvalue weighted by atomic mass is 10.1. The Morgan fingerprint density at radius 2 is 2.35 bits per heavy atom. The van der Waals surface area contributed by atoms with Crippen molar-refractivity contribution in [2.45, 2.75) is 26.2 Å². The fraction of sp³-hybridized carbons (Fsp3) is 0.538. The van der Waals surface area contributed by atoms with E-state index in [9.17, 15) is 9.18 Å². The fourth-order valence-corrected chi connectivity index (χ4v) is 2.37.